The molecule has 4 rings (SSSR count). The molecule has 2 heterocycles. The lowest BCUT2D eigenvalue weighted by Gasteiger charge is -2.14. The van der Waals surface area contributed by atoms with Crippen LogP contribution in [-0.2, 0) is 9.84 Å². The van der Waals surface area contributed by atoms with E-state index in [4.69, 9.17) is 14.2 Å². The third-order valence-corrected chi connectivity index (χ3v) is 7.54. The van der Waals surface area contributed by atoms with Gasteiger partial charge >= 0.3 is 0 Å². The Balaban J connectivity index is 1.70. The van der Waals surface area contributed by atoms with Gasteiger partial charge in [0.2, 0.25) is 5.75 Å². The normalized spacial score (nSPS) is 16.8. The van der Waals surface area contributed by atoms with Gasteiger partial charge in [0.05, 0.1) is 44.6 Å². The molecule has 180 valence electrons. The Morgan fingerprint density at radius 3 is 2.21 bits per heavy atom. The zero-order chi connectivity index (χ0) is 24.5. The van der Waals surface area contributed by atoms with E-state index in [-0.39, 0.29) is 23.2 Å². The summed E-state index contributed by atoms with van der Waals surface area (Å²) in [6, 6.07) is 12.4. The van der Waals surface area contributed by atoms with Gasteiger partial charge in [-0.3, -0.25) is 9.48 Å². The molecule has 1 aliphatic rings. The number of sulfone groups is 1. The van der Waals surface area contributed by atoms with Crippen molar-refractivity contribution in [3.8, 4) is 28.5 Å². The number of hydrogen-bond donors (Lipinski definition) is 1. The van der Waals surface area contributed by atoms with Crippen LogP contribution in [0.4, 0.5) is 5.69 Å². The first-order chi connectivity index (χ1) is 16.2. The zero-order valence-corrected chi connectivity index (χ0v) is 20.3. The summed E-state index contributed by atoms with van der Waals surface area (Å²) in [5.74, 6) is 0.885. The van der Waals surface area contributed by atoms with Gasteiger partial charge in [-0.15, -0.1) is 0 Å². The minimum atomic E-state index is -3.13. The minimum Gasteiger partial charge on any atom is -0.493 e. The van der Waals surface area contributed by atoms with Crippen LogP contribution in [0.15, 0.2) is 42.5 Å². The van der Waals surface area contributed by atoms with Gasteiger partial charge in [-0.2, -0.15) is 5.10 Å². The Kier molecular flexibility index (Phi) is 6.52. The van der Waals surface area contributed by atoms with Crippen molar-refractivity contribution in [2.45, 2.75) is 19.4 Å². The van der Waals surface area contributed by atoms with E-state index in [0.29, 0.717) is 35.1 Å². The molecule has 34 heavy (non-hydrogen) atoms. The first kappa shape index (κ1) is 23.6. The molecule has 3 aromatic rings. The molecule has 0 unspecified atom stereocenters. The number of ether oxygens (including phenoxy) is 3. The van der Waals surface area contributed by atoms with Crippen molar-refractivity contribution in [1.29, 1.82) is 0 Å². The third kappa shape index (κ3) is 4.72. The van der Waals surface area contributed by atoms with Gasteiger partial charge in [-0.25, -0.2) is 8.42 Å². The smallest absolute Gasteiger partial charge is 0.276 e. The standard InChI is InChI=1S/C24H27N3O6S/c1-15-5-7-16(8-6-15)20-13-19(26-27(20)18-9-10-34(29,30)14-18)24(28)25-17-11-21(31-2)23(33-4)22(12-17)32-3/h5-8,11-13,18H,9-10,14H2,1-4H3,(H,25,28)/t18-/m1/s1. The maximum absolute atomic E-state index is 13.1. The lowest BCUT2D eigenvalue weighted by molar-refractivity contribution is 0.102. The number of rotatable bonds is 7. The molecule has 0 aliphatic carbocycles. The van der Waals surface area contributed by atoms with Crippen LogP contribution >= 0.6 is 0 Å². The van der Waals surface area contributed by atoms with Crippen molar-refractivity contribution < 1.29 is 27.4 Å². The first-order valence-corrected chi connectivity index (χ1v) is 12.5. The van der Waals surface area contributed by atoms with Crippen LogP contribution in [0, 0.1) is 6.92 Å². The number of carbonyl (C=O) groups excluding carboxylic acids is 1. The van der Waals surface area contributed by atoms with Crippen LogP contribution in [0.5, 0.6) is 17.2 Å². The van der Waals surface area contributed by atoms with Crippen molar-refractivity contribution in [1.82, 2.24) is 9.78 Å². The van der Waals surface area contributed by atoms with Gasteiger partial charge in [-0.05, 0) is 25.0 Å². The highest BCUT2D eigenvalue weighted by Gasteiger charge is 2.32. The molecule has 10 heteroatoms. The molecule has 1 aromatic heterocycles. The number of hydrogen-bond acceptors (Lipinski definition) is 7. The van der Waals surface area contributed by atoms with Crippen molar-refractivity contribution in [3.63, 3.8) is 0 Å². The topological polar surface area (TPSA) is 109 Å². The highest BCUT2D eigenvalue weighted by molar-refractivity contribution is 7.91. The van der Waals surface area contributed by atoms with Crippen molar-refractivity contribution >= 4 is 21.4 Å². The summed E-state index contributed by atoms with van der Waals surface area (Å²) in [5, 5.41) is 7.34. The monoisotopic (exact) mass is 485 g/mol. The summed E-state index contributed by atoms with van der Waals surface area (Å²) in [4.78, 5) is 13.1. The fourth-order valence-electron chi connectivity index (χ4n) is 4.04. The Hall–Kier alpha value is -3.53. The molecule has 1 fully saturated rings. The Morgan fingerprint density at radius 1 is 1.03 bits per heavy atom. The third-order valence-electron chi connectivity index (χ3n) is 5.79. The summed E-state index contributed by atoms with van der Waals surface area (Å²) in [6.07, 6.45) is 0.455. The molecule has 2 aromatic carbocycles. The molecule has 1 saturated heterocycles. The average molecular weight is 486 g/mol. The maximum atomic E-state index is 13.1. The van der Waals surface area contributed by atoms with E-state index in [1.807, 2.05) is 31.2 Å². The number of carbonyl (C=O) groups is 1. The second kappa shape index (κ2) is 9.38. The molecule has 0 bridgehead atoms. The van der Waals surface area contributed by atoms with Crippen LogP contribution in [0.3, 0.4) is 0 Å². The quantitative estimate of drug-likeness (QED) is 0.546. The molecule has 1 N–H and O–H groups in total. The van der Waals surface area contributed by atoms with Crippen molar-refractivity contribution in [3.05, 3.63) is 53.7 Å². The number of aryl methyl sites for hydroxylation is 1. The number of anilines is 1. The maximum Gasteiger partial charge on any atom is 0.276 e. The summed E-state index contributed by atoms with van der Waals surface area (Å²) >= 11 is 0. The van der Waals surface area contributed by atoms with E-state index >= 15 is 0 Å². The number of benzene rings is 2. The van der Waals surface area contributed by atoms with Gasteiger partial charge in [-0.1, -0.05) is 29.8 Å². The summed E-state index contributed by atoms with van der Waals surface area (Å²) in [7, 11) is 1.36. The van der Waals surface area contributed by atoms with E-state index in [1.54, 1.807) is 22.9 Å². The highest BCUT2D eigenvalue weighted by atomic mass is 32.2. The average Bonchev–Trinajstić information content (AvgIpc) is 3.42. The van der Waals surface area contributed by atoms with Gasteiger partial charge in [0.1, 0.15) is 0 Å². The molecule has 0 radical (unpaired) electrons. The number of methoxy groups -OCH3 is 3. The zero-order valence-electron chi connectivity index (χ0n) is 19.5. The summed E-state index contributed by atoms with van der Waals surface area (Å²) in [6.45, 7) is 1.99. The fourth-order valence-corrected chi connectivity index (χ4v) is 5.73. The van der Waals surface area contributed by atoms with Crippen LogP contribution in [-0.4, -0.2) is 56.9 Å². The Bertz CT molecular complexity index is 1290. The van der Waals surface area contributed by atoms with E-state index in [9.17, 15) is 13.2 Å². The number of nitrogens with zero attached hydrogens (tertiary/aromatic N) is 2. The fraction of sp³-hybridized carbons (Fsp3) is 0.333. The Morgan fingerprint density at radius 2 is 1.68 bits per heavy atom. The van der Waals surface area contributed by atoms with Gasteiger partial charge in [0, 0.05) is 17.8 Å². The number of amides is 1. The van der Waals surface area contributed by atoms with Gasteiger partial charge < -0.3 is 19.5 Å². The number of aromatic nitrogens is 2. The molecule has 0 saturated carbocycles. The predicted octanol–water partition coefficient (Wildman–Crippen LogP) is 3.50. The molecule has 1 aliphatic heterocycles. The van der Waals surface area contributed by atoms with Crippen molar-refractivity contribution in [2.75, 3.05) is 38.2 Å². The predicted molar refractivity (Wildman–Crippen MR) is 129 cm³/mol. The summed E-state index contributed by atoms with van der Waals surface area (Å²) in [5.41, 5.74) is 3.26. The lowest BCUT2D eigenvalue weighted by atomic mass is 10.1. The van der Waals surface area contributed by atoms with Gasteiger partial charge in [0.25, 0.3) is 5.91 Å². The summed E-state index contributed by atoms with van der Waals surface area (Å²) < 4.78 is 41.9. The molecule has 9 nitrogen and oxygen atoms in total. The van der Waals surface area contributed by atoms with E-state index < -0.39 is 15.7 Å². The van der Waals surface area contributed by atoms with Crippen molar-refractivity contribution in [2.24, 2.45) is 0 Å². The molecular formula is C24H27N3O6S. The van der Waals surface area contributed by atoms with Crippen LogP contribution < -0.4 is 19.5 Å². The molecular weight excluding hydrogens is 458 g/mol. The second-order valence-electron chi connectivity index (χ2n) is 8.15. The lowest BCUT2D eigenvalue weighted by Crippen LogP contribution is -2.16. The largest absolute Gasteiger partial charge is 0.493 e. The number of nitrogens with one attached hydrogen (secondary N) is 1. The SMILES string of the molecule is COc1cc(NC(=O)c2cc(-c3ccc(C)cc3)n([C@@H]3CCS(=O)(=O)C3)n2)cc(OC)c1OC. The molecule has 1 atom stereocenters. The van der Waals surface area contributed by atoms with Crippen LogP contribution in [0.2, 0.25) is 0 Å². The highest BCUT2D eigenvalue weighted by Crippen LogP contribution is 2.40. The van der Waals surface area contributed by atoms with E-state index in [2.05, 4.69) is 10.4 Å². The minimum absolute atomic E-state index is 0.00147. The Labute approximate surface area is 198 Å². The second-order valence-corrected chi connectivity index (χ2v) is 10.4. The van der Waals surface area contributed by atoms with Gasteiger partial charge in [0.15, 0.2) is 27.0 Å². The van der Waals surface area contributed by atoms with Crippen LogP contribution in [0.1, 0.15) is 28.5 Å². The first-order valence-electron chi connectivity index (χ1n) is 10.7. The van der Waals surface area contributed by atoms with Crippen LogP contribution in [0.25, 0.3) is 11.3 Å². The van der Waals surface area contributed by atoms with E-state index in [1.165, 1.54) is 21.3 Å². The van der Waals surface area contributed by atoms with E-state index in [0.717, 1.165) is 11.1 Å². The molecule has 1 amide bonds. The molecule has 0 spiro atoms.